The molecular weight excluding hydrogens is 259 g/mol. The van der Waals surface area contributed by atoms with Crippen LogP contribution >= 0.6 is 0 Å². The molecule has 102 valence electrons. The molecule has 0 amide bonds. The Labute approximate surface area is 115 Å². The summed E-state index contributed by atoms with van der Waals surface area (Å²) >= 11 is 0. The summed E-state index contributed by atoms with van der Waals surface area (Å²) in [6, 6.07) is 8.80. The van der Waals surface area contributed by atoms with Crippen LogP contribution in [0.2, 0.25) is 0 Å². The van der Waals surface area contributed by atoms with Gasteiger partial charge in [-0.1, -0.05) is 30.4 Å². The van der Waals surface area contributed by atoms with Crippen LogP contribution in [0.25, 0.3) is 12.2 Å². The first-order chi connectivity index (χ1) is 9.47. The van der Waals surface area contributed by atoms with Crippen molar-refractivity contribution >= 4 is 24.7 Å². The molecule has 0 aliphatic heterocycles. The van der Waals surface area contributed by atoms with Crippen LogP contribution in [0.5, 0.6) is 17.2 Å². The summed E-state index contributed by atoms with van der Waals surface area (Å²) in [7, 11) is -1.75. The second-order valence-corrected chi connectivity index (χ2v) is 4.27. The lowest BCUT2D eigenvalue weighted by Crippen LogP contribution is -2.30. The Kier molecular flexibility index (Phi) is 3.98. The van der Waals surface area contributed by atoms with Gasteiger partial charge in [0.25, 0.3) is 0 Å². The molecule has 5 nitrogen and oxygen atoms in total. The SMILES string of the molecule is OB(O)c1cc(/C=C/c2ccc(O)c(O)c2)ccc1O. The van der Waals surface area contributed by atoms with Crippen LogP contribution < -0.4 is 5.46 Å². The largest absolute Gasteiger partial charge is 0.508 e. The number of hydrogen-bond donors (Lipinski definition) is 5. The molecule has 0 atom stereocenters. The third kappa shape index (κ3) is 3.11. The second kappa shape index (κ2) is 5.69. The summed E-state index contributed by atoms with van der Waals surface area (Å²) in [5.74, 6) is -0.610. The number of benzene rings is 2. The molecule has 5 N–H and O–H groups in total. The zero-order chi connectivity index (χ0) is 14.7. The molecule has 2 aromatic rings. The summed E-state index contributed by atoms with van der Waals surface area (Å²) in [6.45, 7) is 0. The Bertz CT molecular complexity index is 652. The fourth-order valence-corrected chi connectivity index (χ4v) is 1.72. The third-order valence-corrected chi connectivity index (χ3v) is 2.80. The van der Waals surface area contributed by atoms with E-state index < -0.39 is 7.12 Å². The highest BCUT2D eigenvalue weighted by molar-refractivity contribution is 6.59. The van der Waals surface area contributed by atoms with Gasteiger partial charge in [0.1, 0.15) is 5.75 Å². The summed E-state index contributed by atoms with van der Waals surface area (Å²) < 4.78 is 0. The molecule has 6 heteroatoms. The van der Waals surface area contributed by atoms with Crippen molar-refractivity contribution in [3.05, 3.63) is 47.5 Å². The van der Waals surface area contributed by atoms with Crippen molar-refractivity contribution in [3.8, 4) is 17.2 Å². The van der Waals surface area contributed by atoms with E-state index in [0.717, 1.165) is 0 Å². The van der Waals surface area contributed by atoms with Crippen molar-refractivity contribution in [1.82, 2.24) is 0 Å². The standard InChI is InChI=1S/C14H13BO5/c16-12-5-3-9(7-11(12)15(19)20)1-2-10-4-6-13(17)14(18)8-10/h1-8,16-20H/b2-1+. The molecule has 0 spiro atoms. The summed E-state index contributed by atoms with van der Waals surface area (Å²) in [5.41, 5.74) is 1.33. The van der Waals surface area contributed by atoms with Gasteiger partial charge in [-0.25, -0.2) is 0 Å². The van der Waals surface area contributed by atoms with Crippen LogP contribution in [-0.2, 0) is 0 Å². The monoisotopic (exact) mass is 272 g/mol. The molecule has 0 aliphatic carbocycles. The number of phenolic OH excluding ortho intramolecular Hbond substituents is 3. The number of aromatic hydroxyl groups is 3. The molecule has 2 rings (SSSR count). The van der Waals surface area contributed by atoms with Gasteiger partial charge in [-0.05, 0) is 29.3 Å². The third-order valence-electron chi connectivity index (χ3n) is 2.80. The topological polar surface area (TPSA) is 101 Å². The van der Waals surface area contributed by atoms with Gasteiger partial charge in [-0.3, -0.25) is 0 Å². The minimum absolute atomic E-state index is 0.0145. The van der Waals surface area contributed by atoms with E-state index in [1.54, 1.807) is 24.3 Å². The van der Waals surface area contributed by atoms with E-state index in [0.29, 0.717) is 11.1 Å². The van der Waals surface area contributed by atoms with Crippen molar-refractivity contribution in [2.45, 2.75) is 0 Å². The van der Waals surface area contributed by atoms with Crippen molar-refractivity contribution in [3.63, 3.8) is 0 Å². The molecule has 0 saturated carbocycles. The van der Waals surface area contributed by atoms with Crippen molar-refractivity contribution in [2.24, 2.45) is 0 Å². The van der Waals surface area contributed by atoms with E-state index in [1.807, 2.05) is 0 Å². The quantitative estimate of drug-likeness (QED) is 0.321. The minimum Gasteiger partial charge on any atom is -0.508 e. The normalized spacial score (nSPS) is 10.9. The molecule has 0 saturated heterocycles. The molecule has 2 aromatic carbocycles. The fourth-order valence-electron chi connectivity index (χ4n) is 1.72. The molecule has 0 unspecified atom stereocenters. The van der Waals surface area contributed by atoms with Crippen molar-refractivity contribution in [1.29, 1.82) is 0 Å². The van der Waals surface area contributed by atoms with E-state index in [-0.39, 0.29) is 22.7 Å². The Morgan fingerprint density at radius 3 is 1.80 bits per heavy atom. The molecule has 0 aliphatic rings. The predicted molar refractivity (Wildman–Crippen MR) is 76.6 cm³/mol. The van der Waals surface area contributed by atoms with E-state index in [1.165, 1.54) is 24.3 Å². The van der Waals surface area contributed by atoms with Gasteiger partial charge in [0.2, 0.25) is 0 Å². The van der Waals surface area contributed by atoms with Gasteiger partial charge in [-0.2, -0.15) is 0 Å². The fraction of sp³-hybridized carbons (Fsp3) is 0. The number of phenols is 3. The van der Waals surface area contributed by atoms with Gasteiger partial charge in [0.05, 0.1) is 0 Å². The Morgan fingerprint density at radius 1 is 0.700 bits per heavy atom. The maximum Gasteiger partial charge on any atom is 0.492 e. The average molecular weight is 272 g/mol. The van der Waals surface area contributed by atoms with Gasteiger partial charge < -0.3 is 25.4 Å². The van der Waals surface area contributed by atoms with Gasteiger partial charge >= 0.3 is 7.12 Å². The van der Waals surface area contributed by atoms with E-state index in [9.17, 15) is 15.3 Å². The first-order valence-electron chi connectivity index (χ1n) is 5.86. The smallest absolute Gasteiger partial charge is 0.492 e. The van der Waals surface area contributed by atoms with Crippen LogP contribution in [-0.4, -0.2) is 32.5 Å². The Hall–Kier alpha value is -2.44. The summed E-state index contributed by atoms with van der Waals surface area (Å²) in [6.07, 6.45) is 3.36. The molecule has 0 fully saturated rings. The lowest BCUT2D eigenvalue weighted by atomic mass is 9.79. The van der Waals surface area contributed by atoms with Gasteiger partial charge in [-0.15, -0.1) is 0 Å². The van der Waals surface area contributed by atoms with Gasteiger partial charge in [0, 0.05) is 5.46 Å². The zero-order valence-electron chi connectivity index (χ0n) is 10.4. The second-order valence-electron chi connectivity index (χ2n) is 4.27. The molecule has 20 heavy (non-hydrogen) atoms. The molecule has 0 aromatic heterocycles. The van der Waals surface area contributed by atoms with Crippen LogP contribution in [0.15, 0.2) is 36.4 Å². The number of hydrogen-bond acceptors (Lipinski definition) is 5. The maximum absolute atomic E-state index is 9.45. The van der Waals surface area contributed by atoms with Crippen molar-refractivity contribution < 1.29 is 25.4 Å². The van der Waals surface area contributed by atoms with Crippen molar-refractivity contribution in [2.75, 3.05) is 0 Å². The van der Waals surface area contributed by atoms with E-state index >= 15 is 0 Å². The molecule has 0 bridgehead atoms. The predicted octanol–water partition coefficient (Wildman–Crippen LogP) is 0.654. The molecule has 0 radical (unpaired) electrons. The van der Waals surface area contributed by atoms with Gasteiger partial charge in [0.15, 0.2) is 11.5 Å². The number of rotatable bonds is 3. The van der Waals surface area contributed by atoms with Crippen LogP contribution in [0.4, 0.5) is 0 Å². The highest BCUT2D eigenvalue weighted by Crippen LogP contribution is 2.25. The van der Waals surface area contributed by atoms with Crippen LogP contribution in [0.1, 0.15) is 11.1 Å². The highest BCUT2D eigenvalue weighted by Gasteiger charge is 2.15. The lowest BCUT2D eigenvalue weighted by Gasteiger charge is -2.04. The van der Waals surface area contributed by atoms with Crippen LogP contribution in [0.3, 0.4) is 0 Å². The first kappa shape index (κ1) is 14.0. The summed E-state index contributed by atoms with van der Waals surface area (Å²) in [4.78, 5) is 0. The van der Waals surface area contributed by atoms with E-state index in [2.05, 4.69) is 0 Å². The van der Waals surface area contributed by atoms with Crippen LogP contribution in [0, 0.1) is 0 Å². The Morgan fingerprint density at radius 2 is 1.25 bits per heavy atom. The minimum atomic E-state index is -1.75. The molecule has 0 heterocycles. The zero-order valence-corrected chi connectivity index (χ0v) is 10.4. The first-order valence-corrected chi connectivity index (χ1v) is 5.86. The Balaban J connectivity index is 2.27. The van der Waals surface area contributed by atoms with E-state index in [4.69, 9.17) is 10.0 Å². The average Bonchev–Trinajstić information content (AvgIpc) is 2.41. The lowest BCUT2D eigenvalue weighted by molar-refractivity contribution is 0.403. The molecular formula is C14H13BO5. The maximum atomic E-state index is 9.45. The summed E-state index contributed by atoms with van der Waals surface area (Å²) in [5, 5.41) is 46.2. The highest BCUT2D eigenvalue weighted by atomic mass is 16.4.